The lowest BCUT2D eigenvalue weighted by Crippen LogP contribution is -2.24. The van der Waals surface area contributed by atoms with Gasteiger partial charge in [-0.1, -0.05) is 60.4 Å². The SMILES string of the molecule is O=Cc1s/c(=N/S(=O)(=O)c2ccccc2)n(C2CCCCC2)c1Cl. The molecule has 8 heteroatoms. The fraction of sp³-hybridized carbons (Fsp3) is 0.375. The van der Waals surface area contributed by atoms with Crippen LogP contribution in [0.3, 0.4) is 0 Å². The fourth-order valence-electron chi connectivity index (χ4n) is 2.93. The van der Waals surface area contributed by atoms with Crippen LogP contribution in [0.15, 0.2) is 39.6 Å². The summed E-state index contributed by atoms with van der Waals surface area (Å²) in [5, 5.41) is 0.281. The van der Waals surface area contributed by atoms with Crippen molar-refractivity contribution in [3.05, 3.63) is 45.2 Å². The first-order valence-corrected chi connectivity index (χ1v) is 10.4. The Hall–Kier alpha value is -1.44. The second-order valence-corrected chi connectivity index (χ2v) is 8.67. The molecule has 0 unspecified atom stereocenters. The van der Waals surface area contributed by atoms with Crippen LogP contribution >= 0.6 is 22.9 Å². The molecule has 0 radical (unpaired) electrons. The molecule has 0 bridgehead atoms. The molecule has 1 aliphatic carbocycles. The predicted octanol–water partition coefficient (Wildman–Crippen LogP) is 3.81. The van der Waals surface area contributed by atoms with E-state index in [1.165, 1.54) is 12.1 Å². The first-order valence-electron chi connectivity index (χ1n) is 7.75. The van der Waals surface area contributed by atoms with Gasteiger partial charge in [-0.05, 0) is 25.0 Å². The van der Waals surface area contributed by atoms with Crippen molar-refractivity contribution in [2.24, 2.45) is 4.40 Å². The zero-order valence-electron chi connectivity index (χ0n) is 12.9. The molecule has 0 spiro atoms. The van der Waals surface area contributed by atoms with Crippen LogP contribution < -0.4 is 4.80 Å². The van der Waals surface area contributed by atoms with E-state index in [0.29, 0.717) is 11.2 Å². The molecule has 24 heavy (non-hydrogen) atoms. The van der Waals surface area contributed by atoms with Crippen molar-refractivity contribution in [2.45, 2.75) is 43.0 Å². The minimum absolute atomic E-state index is 0.0842. The van der Waals surface area contributed by atoms with Gasteiger partial charge in [0.2, 0.25) is 4.80 Å². The van der Waals surface area contributed by atoms with Crippen LogP contribution in [-0.4, -0.2) is 19.3 Å². The molecular weight excluding hydrogens is 368 g/mol. The van der Waals surface area contributed by atoms with Gasteiger partial charge in [0.15, 0.2) is 6.29 Å². The van der Waals surface area contributed by atoms with Crippen molar-refractivity contribution in [1.82, 2.24) is 4.57 Å². The zero-order chi connectivity index (χ0) is 17.2. The van der Waals surface area contributed by atoms with Gasteiger partial charge in [0.1, 0.15) is 10.0 Å². The summed E-state index contributed by atoms with van der Waals surface area (Å²) in [5.74, 6) is 0. The van der Waals surface area contributed by atoms with Gasteiger partial charge in [-0.2, -0.15) is 8.42 Å². The Morgan fingerprint density at radius 2 is 1.83 bits per heavy atom. The lowest BCUT2D eigenvalue weighted by Gasteiger charge is -2.23. The van der Waals surface area contributed by atoms with Gasteiger partial charge in [-0.25, -0.2) is 0 Å². The molecule has 1 aromatic heterocycles. The van der Waals surface area contributed by atoms with E-state index in [1.54, 1.807) is 22.8 Å². The van der Waals surface area contributed by atoms with E-state index in [1.807, 2.05) is 0 Å². The summed E-state index contributed by atoms with van der Waals surface area (Å²) in [5.41, 5.74) is 0. The topological polar surface area (TPSA) is 68.5 Å². The van der Waals surface area contributed by atoms with Crippen molar-refractivity contribution in [3.8, 4) is 0 Å². The first kappa shape index (κ1) is 17.4. The molecule has 128 valence electrons. The number of sulfonamides is 1. The maximum atomic E-state index is 12.5. The number of aldehydes is 1. The van der Waals surface area contributed by atoms with E-state index in [0.717, 1.165) is 43.4 Å². The summed E-state index contributed by atoms with van der Waals surface area (Å²) in [7, 11) is -3.85. The molecule has 2 aromatic rings. The Morgan fingerprint density at radius 3 is 2.46 bits per heavy atom. The molecular formula is C16H17ClN2O3S2. The van der Waals surface area contributed by atoms with E-state index >= 15 is 0 Å². The Balaban J connectivity index is 2.15. The number of carbonyl (C=O) groups excluding carboxylic acids is 1. The van der Waals surface area contributed by atoms with Crippen LogP contribution in [0.4, 0.5) is 0 Å². The third-order valence-electron chi connectivity index (χ3n) is 4.11. The molecule has 1 aliphatic rings. The molecule has 0 N–H and O–H groups in total. The molecule has 0 saturated heterocycles. The van der Waals surface area contributed by atoms with Crippen molar-refractivity contribution >= 4 is 39.2 Å². The predicted molar refractivity (Wildman–Crippen MR) is 94.0 cm³/mol. The number of thiazole rings is 1. The number of aromatic nitrogens is 1. The number of benzene rings is 1. The van der Waals surface area contributed by atoms with E-state index in [4.69, 9.17) is 11.6 Å². The largest absolute Gasteiger partial charge is 0.303 e. The summed E-state index contributed by atoms with van der Waals surface area (Å²) in [6, 6.07) is 8.12. The average molecular weight is 385 g/mol. The van der Waals surface area contributed by atoms with Crippen molar-refractivity contribution < 1.29 is 13.2 Å². The van der Waals surface area contributed by atoms with Crippen molar-refractivity contribution in [1.29, 1.82) is 0 Å². The van der Waals surface area contributed by atoms with E-state index in [2.05, 4.69) is 4.40 Å². The molecule has 1 heterocycles. The van der Waals surface area contributed by atoms with E-state index in [9.17, 15) is 13.2 Å². The first-order chi connectivity index (χ1) is 11.5. The molecule has 1 saturated carbocycles. The van der Waals surface area contributed by atoms with Gasteiger partial charge in [0, 0.05) is 6.04 Å². The summed E-state index contributed by atoms with van der Waals surface area (Å²) in [6.45, 7) is 0. The lowest BCUT2D eigenvalue weighted by molar-refractivity contribution is 0.112. The third-order valence-corrected chi connectivity index (χ3v) is 6.98. The summed E-state index contributed by atoms with van der Waals surface area (Å²) in [4.78, 5) is 11.9. The van der Waals surface area contributed by atoms with Gasteiger partial charge in [-0.3, -0.25) is 4.79 Å². The number of nitrogens with zero attached hydrogens (tertiary/aromatic N) is 2. The molecule has 0 amide bonds. The third kappa shape index (κ3) is 3.48. The van der Waals surface area contributed by atoms with Crippen LogP contribution in [0.1, 0.15) is 47.8 Å². The second-order valence-electron chi connectivity index (χ2n) is 5.70. The van der Waals surface area contributed by atoms with Gasteiger partial charge in [0.25, 0.3) is 10.0 Å². The molecule has 1 aromatic carbocycles. The fourth-order valence-corrected chi connectivity index (χ4v) is 5.47. The van der Waals surface area contributed by atoms with E-state index < -0.39 is 10.0 Å². The minimum atomic E-state index is -3.85. The van der Waals surface area contributed by atoms with Crippen LogP contribution in [0.25, 0.3) is 0 Å². The van der Waals surface area contributed by atoms with Gasteiger partial charge >= 0.3 is 0 Å². The normalized spacial score (nSPS) is 17.1. The summed E-state index contributed by atoms with van der Waals surface area (Å²) < 4.78 is 30.8. The van der Waals surface area contributed by atoms with Crippen LogP contribution in [0.5, 0.6) is 0 Å². The minimum Gasteiger partial charge on any atom is -0.303 e. The Bertz CT molecular complexity index is 895. The van der Waals surface area contributed by atoms with E-state index in [-0.39, 0.29) is 20.9 Å². The lowest BCUT2D eigenvalue weighted by atomic mass is 9.95. The number of hydrogen-bond acceptors (Lipinski definition) is 4. The molecule has 5 nitrogen and oxygen atoms in total. The number of carbonyl (C=O) groups is 1. The van der Waals surface area contributed by atoms with Crippen molar-refractivity contribution in [2.75, 3.05) is 0 Å². The number of hydrogen-bond donors (Lipinski definition) is 0. The number of halogens is 1. The molecule has 0 atom stereocenters. The molecule has 0 aliphatic heterocycles. The highest BCUT2D eigenvalue weighted by atomic mass is 35.5. The van der Waals surface area contributed by atoms with Gasteiger partial charge < -0.3 is 4.57 Å². The quantitative estimate of drug-likeness (QED) is 0.752. The second kappa shape index (κ2) is 7.21. The highest BCUT2D eigenvalue weighted by molar-refractivity contribution is 7.90. The molecule has 3 rings (SSSR count). The summed E-state index contributed by atoms with van der Waals surface area (Å²) in [6.07, 6.45) is 5.76. The van der Waals surface area contributed by atoms with Crippen LogP contribution in [0.2, 0.25) is 5.15 Å². The summed E-state index contributed by atoms with van der Waals surface area (Å²) >= 11 is 7.34. The Labute approximate surface area is 149 Å². The highest BCUT2D eigenvalue weighted by Crippen LogP contribution is 2.31. The maximum Gasteiger partial charge on any atom is 0.285 e. The van der Waals surface area contributed by atoms with Crippen LogP contribution in [0, 0.1) is 0 Å². The monoisotopic (exact) mass is 384 g/mol. The average Bonchev–Trinajstić information content (AvgIpc) is 2.91. The molecule has 1 fully saturated rings. The number of rotatable bonds is 4. The van der Waals surface area contributed by atoms with Crippen LogP contribution in [-0.2, 0) is 10.0 Å². The van der Waals surface area contributed by atoms with Crippen molar-refractivity contribution in [3.63, 3.8) is 0 Å². The Morgan fingerprint density at radius 1 is 1.17 bits per heavy atom. The zero-order valence-corrected chi connectivity index (χ0v) is 15.3. The van der Waals surface area contributed by atoms with Gasteiger partial charge in [-0.15, -0.1) is 4.40 Å². The highest BCUT2D eigenvalue weighted by Gasteiger charge is 2.23. The smallest absolute Gasteiger partial charge is 0.285 e. The Kier molecular flexibility index (Phi) is 5.22. The standard InChI is InChI=1S/C16H17ClN2O3S2/c17-15-14(11-20)23-16(19(15)12-7-3-1-4-8-12)18-24(21,22)13-9-5-2-6-10-13/h2,5-6,9-12H,1,3-4,7-8H2/b18-16+. The van der Waals surface area contributed by atoms with Gasteiger partial charge in [0.05, 0.1) is 4.90 Å². The maximum absolute atomic E-state index is 12.5.